The van der Waals surface area contributed by atoms with E-state index in [1.54, 1.807) is 25.1 Å². The molecular weight excluding hydrogens is 469 g/mol. The lowest BCUT2D eigenvalue weighted by atomic mass is 10.1. The summed E-state index contributed by atoms with van der Waals surface area (Å²) in [5.74, 6) is -1.44. The molecule has 0 aliphatic carbocycles. The molecule has 0 radical (unpaired) electrons. The number of benzene rings is 3. The highest BCUT2D eigenvalue weighted by Crippen LogP contribution is 2.27. The number of amides is 2. The molecule has 3 aromatic carbocycles. The third kappa shape index (κ3) is 4.99. The van der Waals surface area contributed by atoms with Crippen molar-refractivity contribution in [3.63, 3.8) is 0 Å². The van der Waals surface area contributed by atoms with Gasteiger partial charge in [0.2, 0.25) is 0 Å². The summed E-state index contributed by atoms with van der Waals surface area (Å²) >= 11 is 6.19. The lowest BCUT2D eigenvalue weighted by Gasteiger charge is -2.20. The summed E-state index contributed by atoms with van der Waals surface area (Å²) in [4.78, 5) is 24.8. The van der Waals surface area contributed by atoms with Gasteiger partial charge < -0.3 is 10.6 Å². The molecule has 0 aromatic heterocycles. The van der Waals surface area contributed by atoms with Gasteiger partial charge in [-0.05, 0) is 67.1 Å². The first-order chi connectivity index (χ1) is 15.6. The molecule has 10 heteroatoms. The average molecular weight is 490 g/mol. The highest BCUT2D eigenvalue weighted by Gasteiger charge is 2.24. The first-order valence-corrected chi connectivity index (χ1v) is 11.5. The van der Waals surface area contributed by atoms with Crippen molar-refractivity contribution in [3.8, 4) is 0 Å². The van der Waals surface area contributed by atoms with E-state index in [1.165, 1.54) is 44.4 Å². The van der Waals surface area contributed by atoms with Crippen LogP contribution in [0.1, 0.15) is 26.3 Å². The minimum atomic E-state index is -4.06. The number of carbonyl (C=O) groups excluding carboxylic acids is 2. The van der Waals surface area contributed by atoms with Crippen LogP contribution in [0.25, 0.3) is 0 Å². The van der Waals surface area contributed by atoms with Crippen LogP contribution in [0.4, 0.5) is 15.8 Å². The van der Waals surface area contributed by atoms with Gasteiger partial charge in [-0.2, -0.15) is 0 Å². The first kappa shape index (κ1) is 24.2. The second-order valence-electron chi connectivity index (χ2n) is 7.10. The maximum Gasteiger partial charge on any atom is 0.264 e. The quantitative estimate of drug-likeness (QED) is 0.541. The molecule has 172 valence electrons. The lowest BCUT2D eigenvalue weighted by molar-refractivity contribution is 0.0960. The van der Waals surface area contributed by atoms with Crippen molar-refractivity contribution in [2.24, 2.45) is 0 Å². The van der Waals surface area contributed by atoms with Gasteiger partial charge in [-0.25, -0.2) is 12.8 Å². The molecule has 0 aliphatic rings. The van der Waals surface area contributed by atoms with Gasteiger partial charge in [0, 0.05) is 25.3 Å². The van der Waals surface area contributed by atoms with Gasteiger partial charge in [0.05, 0.1) is 21.2 Å². The number of rotatable bonds is 6. The van der Waals surface area contributed by atoms with E-state index in [-0.39, 0.29) is 27.1 Å². The number of anilines is 2. The Morgan fingerprint density at radius 1 is 0.970 bits per heavy atom. The van der Waals surface area contributed by atoms with Gasteiger partial charge in [-0.15, -0.1) is 0 Å². The van der Waals surface area contributed by atoms with Gasteiger partial charge in [0.25, 0.3) is 21.8 Å². The molecule has 7 nitrogen and oxygen atoms in total. The predicted molar refractivity (Wildman–Crippen MR) is 126 cm³/mol. The van der Waals surface area contributed by atoms with E-state index in [1.807, 2.05) is 0 Å². The SMILES string of the molecule is CNC(=O)c1cccc(NC(=O)c2cc(S(=O)(=O)N(C)c3ccc(F)cc3)ccc2Cl)c1C. The van der Waals surface area contributed by atoms with E-state index in [4.69, 9.17) is 11.6 Å². The third-order valence-corrected chi connectivity index (χ3v) is 7.20. The number of hydrogen-bond donors (Lipinski definition) is 2. The van der Waals surface area contributed by atoms with E-state index in [0.29, 0.717) is 16.8 Å². The zero-order chi connectivity index (χ0) is 24.3. The highest BCUT2D eigenvalue weighted by molar-refractivity contribution is 7.92. The summed E-state index contributed by atoms with van der Waals surface area (Å²) in [7, 11) is -1.24. The zero-order valence-electron chi connectivity index (χ0n) is 18.0. The fraction of sp³-hybridized carbons (Fsp3) is 0.130. The van der Waals surface area contributed by atoms with Gasteiger partial charge in [-0.3, -0.25) is 13.9 Å². The molecule has 0 unspecified atom stereocenters. The smallest absolute Gasteiger partial charge is 0.264 e. The number of nitrogens with zero attached hydrogens (tertiary/aromatic N) is 1. The fourth-order valence-electron chi connectivity index (χ4n) is 3.13. The maximum atomic E-state index is 13.2. The second-order valence-corrected chi connectivity index (χ2v) is 9.48. The van der Waals surface area contributed by atoms with Crippen molar-refractivity contribution in [1.82, 2.24) is 5.32 Å². The minimum Gasteiger partial charge on any atom is -0.355 e. The van der Waals surface area contributed by atoms with Crippen LogP contribution in [-0.4, -0.2) is 34.3 Å². The molecule has 0 heterocycles. The fourth-order valence-corrected chi connectivity index (χ4v) is 4.55. The lowest BCUT2D eigenvalue weighted by Crippen LogP contribution is -2.27. The predicted octanol–water partition coefficient (Wildman–Crippen LogP) is 4.22. The van der Waals surface area contributed by atoms with Crippen molar-refractivity contribution in [1.29, 1.82) is 0 Å². The van der Waals surface area contributed by atoms with Gasteiger partial charge >= 0.3 is 0 Å². The molecule has 0 aliphatic heterocycles. The highest BCUT2D eigenvalue weighted by atomic mass is 35.5. The summed E-state index contributed by atoms with van der Waals surface area (Å²) in [6, 6.07) is 13.6. The minimum absolute atomic E-state index is 0.0518. The van der Waals surface area contributed by atoms with Crippen molar-refractivity contribution in [2.45, 2.75) is 11.8 Å². The molecular formula is C23H21ClFN3O4S. The molecule has 0 bridgehead atoms. The summed E-state index contributed by atoms with van der Waals surface area (Å²) in [6.45, 7) is 1.68. The zero-order valence-corrected chi connectivity index (χ0v) is 19.6. The molecule has 2 N–H and O–H groups in total. The molecule has 2 amide bonds. The van der Waals surface area contributed by atoms with Crippen molar-refractivity contribution in [3.05, 3.63) is 88.2 Å². The standard InChI is InChI=1S/C23H21ClFN3O4S/c1-14-18(22(29)26-2)5-4-6-21(14)27-23(30)19-13-17(11-12-20(19)24)33(31,32)28(3)16-9-7-15(25)8-10-16/h4-13H,1-3H3,(H,26,29)(H,27,30). The molecule has 0 fully saturated rings. The Morgan fingerprint density at radius 3 is 2.27 bits per heavy atom. The van der Waals surface area contributed by atoms with E-state index >= 15 is 0 Å². The van der Waals surface area contributed by atoms with E-state index < -0.39 is 21.7 Å². The Hall–Kier alpha value is -3.43. The average Bonchev–Trinajstić information content (AvgIpc) is 2.80. The third-order valence-electron chi connectivity index (χ3n) is 5.08. The number of halogens is 2. The summed E-state index contributed by atoms with van der Waals surface area (Å²) in [5.41, 5.74) is 1.50. The van der Waals surface area contributed by atoms with E-state index in [0.717, 1.165) is 16.4 Å². The van der Waals surface area contributed by atoms with E-state index in [9.17, 15) is 22.4 Å². The van der Waals surface area contributed by atoms with Crippen molar-refractivity contribution in [2.75, 3.05) is 23.7 Å². The largest absolute Gasteiger partial charge is 0.355 e. The molecule has 0 saturated heterocycles. The topological polar surface area (TPSA) is 95.6 Å². The Balaban J connectivity index is 1.94. The van der Waals surface area contributed by atoms with Crippen LogP contribution in [0.2, 0.25) is 5.02 Å². The molecule has 3 aromatic rings. The van der Waals surface area contributed by atoms with Crippen LogP contribution >= 0.6 is 11.6 Å². The Bertz CT molecular complexity index is 1330. The Kier molecular flexibility index (Phi) is 7.04. The van der Waals surface area contributed by atoms with Crippen molar-refractivity contribution >= 4 is 44.8 Å². The monoisotopic (exact) mass is 489 g/mol. The summed E-state index contributed by atoms with van der Waals surface area (Å²) in [6.07, 6.45) is 0. The van der Waals surface area contributed by atoms with Crippen LogP contribution in [0.3, 0.4) is 0 Å². The molecule has 0 spiro atoms. The van der Waals surface area contributed by atoms with E-state index in [2.05, 4.69) is 10.6 Å². The van der Waals surface area contributed by atoms with Crippen LogP contribution in [0.5, 0.6) is 0 Å². The van der Waals surface area contributed by atoms with Gasteiger partial charge in [0.15, 0.2) is 0 Å². The first-order valence-electron chi connectivity index (χ1n) is 9.73. The molecule has 0 atom stereocenters. The van der Waals surface area contributed by atoms with Gasteiger partial charge in [-0.1, -0.05) is 17.7 Å². The molecule has 33 heavy (non-hydrogen) atoms. The second kappa shape index (κ2) is 9.60. The van der Waals surface area contributed by atoms with Crippen molar-refractivity contribution < 1.29 is 22.4 Å². The number of nitrogens with one attached hydrogen (secondary N) is 2. The van der Waals surface area contributed by atoms with Crippen LogP contribution in [0, 0.1) is 12.7 Å². The number of hydrogen-bond acceptors (Lipinski definition) is 4. The summed E-state index contributed by atoms with van der Waals surface area (Å²) in [5, 5.41) is 5.26. The van der Waals surface area contributed by atoms with Crippen LogP contribution < -0.4 is 14.9 Å². The number of carbonyl (C=O) groups is 2. The van der Waals surface area contributed by atoms with Crippen LogP contribution in [-0.2, 0) is 10.0 Å². The summed E-state index contributed by atoms with van der Waals surface area (Å²) < 4.78 is 40.3. The molecule has 0 saturated carbocycles. The Labute approximate surface area is 196 Å². The van der Waals surface area contributed by atoms with Crippen LogP contribution in [0.15, 0.2) is 65.6 Å². The normalized spacial score (nSPS) is 11.1. The van der Waals surface area contributed by atoms with Gasteiger partial charge in [0.1, 0.15) is 5.82 Å². The number of sulfonamides is 1. The Morgan fingerprint density at radius 2 is 1.64 bits per heavy atom. The molecule has 3 rings (SSSR count). The maximum absolute atomic E-state index is 13.2.